The first-order valence-corrected chi connectivity index (χ1v) is 6.79. The monoisotopic (exact) mass is 338 g/mol. The third kappa shape index (κ3) is 4.69. The lowest BCUT2D eigenvalue weighted by molar-refractivity contribution is -0.120. The molecule has 0 saturated heterocycles. The fourth-order valence-electron chi connectivity index (χ4n) is 1.89. The summed E-state index contributed by atoms with van der Waals surface area (Å²) < 4.78 is 38.8. The van der Waals surface area contributed by atoms with Crippen molar-refractivity contribution in [1.82, 2.24) is 0 Å². The van der Waals surface area contributed by atoms with Gasteiger partial charge >= 0.3 is 6.18 Å². The third-order valence-electron chi connectivity index (χ3n) is 2.77. The maximum Gasteiger partial charge on any atom is 0.405 e. The molecule has 0 spiro atoms. The highest BCUT2D eigenvalue weighted by Gasteiger charge is 2.33. The van der Waals surface area contributed by atoms with E-state index in [9.17, 15) is 13.2 Å². The summed E-state index contributed by atoms with van der Waals surface area (Å²) in [5.74, 6) is 0. The molecule has 0 saturated carbocycles. The van der Waals surface area contributed by atoms with E-state index in [1.165, 1.54) is 4.90 Å². The zero-order valence-corrected chi connectivity index (χ0v) is 12.7. The van der Waals surface area contributed by atoms with Crippen LogP contribution in [0.15, 0.2) is 22.7 Å². The molecule has 108 valence electrons. The lowest BCUT2D eigenvalue weighted by atomic mass is 10.0. The van der Waals surface area contributed by atoms with Crippen molar-refractivity contribution in [2.75, 3.05) is 11.4 Å². The van der Waals surface area contributed by atoms with Crippen LogP contribution in [0.25, 0.3) is 0 Å². The number of nitrogens with two attached hydrogens (primary N) is 1. The second kappa shape index (κ2) is 6.13. The Balaban J connectivity index is 3.25. The van der Waals surface area contributed by atoms with Gasteiger partial charge in [-0.1, -0.05) is 22.0 Å². The molecule has 0 aliphatic heterocycles. The van der Waals surface area contributed by atoms with E-state index in [0.29, 0.717) is 11.3 Å². The van der Waals surface area contributed by atoms with Gasteiger partial charge < -0.3 is 10.6 Å². The maximum atomic E-state index is 12.7. The third-order valence-corrected chi connectivity index (χ3v) is 3.26. The zero-order valence-electron chi connectivity index (χ0n) is 11.1. The minimum atomic E-state index is -4.25. The molecule has 0 radical (unpaired) electrons. The van der Waals surface area contributed by atoms with E-state index in [-0.39, 0.29) is 12.1 Å². The molecule has 1 rings (SSSR count). The number of halogens is 4. The van der Waals surface area contributed by atoms with Crippen LogP contribution >= 0.6 is 15.9 Å². The van der Waals surface area contributed by atoms with Gasteiger partial charge in [-0.05, 0) is 38.5 Å². The largest absolute Gasteiger partial charge is 0.405 e. The molecular weight excluding hydrogens is 321 g/mol. The predicted molar refractivity (Wildman–Crippen MR) is 75.3 cm³/mol. The Morgan fingerprint density at radius 1 is 1.26 bits per heavy atom. The Morgan fingerprint density at radius 3 is 2.26 bits per heavy atom. The summed E-state index contributed by atoms with van der Waals surface area (Å²) in [7, 11) is 0. The fourth-order valence-corrected chi connectivity index (χ4v) is 2.24. The number of rotatable bonds is 4. The van der Waals surface area contributed by atoms with E-state index in [2.05, 4.69) is 15.9 Å². The Labute approximate surface area is 119 Å². The second-order valence-electron chi connectivity index (χ2n) is 4.83. The van der Waals surface area contributed by atoms with E-state index < -0.39 is 12.7 Å². The Bertz CT molecular complexity index is 430. The van der Waals surface area contributed by atoms with Crippen LogP contribution in [-0.2, 0) is 0 Å². The lowest BCUT2D eigenvalue weighted by Gasteiger charge is -2.32. The van der Waals surface area contributed by atoms with Crippen molar-refractivity contribution < 1.29 is 13.2 Å². The molecule has 1 aromatic rings. The summed E-state index contributed by atoms with van der Waals surface area (Å²) in [4.78, 5) is 1.32. The van der Waals surface area contributed by atoms with Gasteiger partial charge in [0, 0.05) is 22.2 Å². The number of benzene rings is 1. The Morgan fingerprint density at radius 2 is 1.84 bits per heavy atom. The Hall–Kier alpha value is -0.750. The molecule has 0 aromatic heterocycles. The van der Waals surface area contributed by atoms with Gasteiger partial charge in [0.25, 0.3) is 0 Å². The summed E-state index contributed by atoms with van der Waals surface area (Å²) in [6, 6.07) is 4.64. The molecule has 1 unspecified atom stereocenters. The van der Waals surface area contributed by atoms with E-state index >= 15 is 0 Å². The van der Waals surface area contributed by atoms with E-state index in [4.69, 9.17) is 5.73 Å². The van der Waals surface area contributed by atoms with Crippen LogP contribution in [0.4, 0.5) is 18.9 Å². The van der Waals surface area contributed by atoms with Crippen molar-refractivity contribution in [1.29, 1.82) is 0 Å². The Kier molecular flexibility index (Phi) is 5.26. The number of nitrogens with zero attached hydrogens (tertiary/aromatic N) is 1. The standard InChI is InChI=1S/C13H18BrF3N2/c1-8(2)19(7-13(15,16)17)12-6-10(14)4-5-11(12)9(3)18/h4-6,8-9H,7,18H2,1-3H3. The quantitative estimate of drug-likeness (QED) is 0.889. The maximum absolute atomic E-state index is 12.7. The number of alkyl halides is 3. The molecule has 0 aliphatic rings. The van der Waals surface area contributed by atoms with Crippen LogP contribution in [0.2, 0.25) is 0 Å². The minimum Gasteiger partial charge on any atom is -0.360 e. The molecule has 0 amide bonds. The summed E-state index contributed by atoms with van der Waals surface area (Å²) in [6.07, 6.45) is -4.25. The molecule has 1 aromatic carbocycles. The smallest absolute Gasteiger partial charge is 0.360 e. The molecule has 0 fully saturated rings. The van der Waals surface area contributed by atoms with E-state index in [1.807, 2.05) is 0 Å². The van der Waals surface area contributed by atoms with Crippen LogP contribution in [0.1, 0.15) is 32.4 Å². The highest BCUT2D eigenvalue weighted by atomic mass is 79.9. The van der Waals surface area contributed by atoms with Crippen molar-refractivity contribution in [2.45, 2.75) is 39.0 Å². The highest BCUT2D eigenvalue weighted by Crippen LogP contribution is 2.32. The molecular formula is C13H18BrF3N2. The first kappa shape index (κ1) is 16.3. The first-order valence-electron chi connectivity index (χ1n) is 6.00. The van der Waals surface area contributed by atoms with Crippen LogP contribution in [0, 0.1) is 0 Å². The van der Waals surface area contributed by atoms with Crippen LogP contribution in [0.5, 0.6) is 0 Å². The van der Waals surface area contributed by atoms with Gasteiger partial charge in [-0.3, -0.25) is 0 Å². The molecule has 0 aliphatic carbocycles. The molecule has 19 heavy (non-hydrogen) atoms. The fraction of sp³-hybridized carbons (Fsp3) is 0.538. The highest BCUT2D eigenvalue weighted by molar-refractivity contribution is 9.10. The summed E-state index contributed by atoms with van der Waals surface area (Å²) in [6.45, 7) is 4.24. The molecule has 2 nitrogen and oxygen atoms in total. The number of hydrogen-bond acceptors (Lipinski definition) is 2. The first-order chi connectivity index (χ1) is 8.61. The number of anilines is 1. The van der Waals surface area contributed by atoms with Gasteiger partial charge in [0.1, 0.15) is 6.54 Å². The number of hydrogen-bond donors (Lipinski definition) is 1. The van der Waals surface area contributed by atoms with Crippen molar-refractivity contribution >= 4 is 21.6 Å². The van der Waals surface area contributed by atoms with Crippen molar-refractivity contribution in [2.24, 2.45) is 5.73 Å². The van der Waals surface area contributed by atoms with Gasteiger partial charge in [-0.2, -0.15) is 13.2 Å². The predicted octanol–water partition coefficient (Wildman–Crippen LogP) is 4.25. The average molecular weight is 339 g/mol. The van der Waals surface area contributed by atoms with Crippen molar-refractivity contribution in [3.63, 3.8) is 0 Å². The van der Waals surface area contributed by atoms with Gasteiger partial charge in [-0.15, -0.1) is 0 Å². The van der Waals surface area contributed by atoms with Gasteiger partial charge in [0.15, 0.2) is 0 Å². The lowest BCUT2D eigenvalue weighted by Crippen LogP contribution is -2.40. The molecule has 1 atom stereocenters. The summed E-state index contributed by atoms with van der Waals surface area (Å²) in [5, 5.41) is 0. The van der Waals surface area contributed by atoms with Crippen molar-refractivity contribution in [3.8, 4) is 0 Å². The summed E-state index contributed by atoms with van der Waals surface area (Å²) >= 11 is 3.29. The summed E-state index contributed by atoms with van der Waals surface area (Å²) in [5.41, 5.74) is 7.08. The van der Waals surface area contributed by atoms with E-state index in [0.717, 1.165) is 4.47 Å². The molecule has 0 heterocycles. The normalized spacial score (nSPS) is 13.7. The van der Waals surface area contributed by atoms with Crippen LogP contribution in [-0.4, -0.2) is 18.8 Å². The second-order valence-corrected chi connectivity index (χ2v) is 5.74. The average Bonchev–Trinajstić information content (AvgIpc) is 2.23. The zero-order chi connectivity index (χ0) is 14.8. The van der Waals surface area contributed by atoms with E-state index in [1.54, 1.807) is 39.0 Å². The topological polar surface area (TPSA) is 29.3 Å². The van der Waals surface area contributed by atoms with Gasteiger partial charge in [0.2, 0.25) is 0 Å². The SMILES string of the molecule is CC(N)c1ccc(Br)cc1N(CC(F)(F)F)C(C)C. The molecule has 2 N–H and O–H groups in total. The van der Waals surface area contributed by atoms with Gasteiger partial charge in [0.05, 0.1) is 0 Å². The van der Waals surface area contributed by atoms with Gasteiger partial charge in [-0.25, -0.2) is 0 Å². The molecule has 0 bridgehead atoms. The van der Waals surface area contributed by atoms with Crippen LogP contribution < -0.4 is 10.6 Å². The van der Waals surface area contributed by atoms with Crippen LogP contribution in [0.3, 0.4) is 0 Å². The molecule has 6 heteroatoms. The minimum absolute atomic E-state index is 0.270. The van der Waals surface area contributed by atoms with Crippen molar-refractivity contribution in [3.05, 3.63) is 28.2 Å².